The molecule has 1 aliphatic rings. The summed E-state index contributed by atoms with van der Waals surface area (Å²) in [7, 11) is 1.64. The van der Waals surface area contributed by atoms with E-state index in [1.165, 1.54) is 12.8 Å². The Hall–Kier alpha value is -1.26. The number of carbonyl (C=O) groups is 1. The lowest BCUT2D eigenvalue weighted by molar-refractivity contribution is -0.120. The van der Waals surface area contributed by atoms with Crippen LogP contribution in [-0.2, 0) is 4.79 Å². The number of amides is 1. The summed E-state index contributed by atoms with van der Waals surface area (Å²) >= 11 is 0. The first-order chi connectivity index (χ1) is 9.19. The van der Waals surface area contributed by atoms with Gasteiger partial charge in [-0.2, -0.15) is 0 Å². The van der Waals surface area contributed by atoms with Gasteiger partial charge in [-0.3, -0.25) is 4.79 Å². The molecular weight excluding hydrogens is 276 g/mol. The highest BCUT2D eigenvalue weighted by molar-refractivity contribution is 5.85. The average Bonchev–Trinajstić information content (AvgIpc) is 3.23. The number of rotatable bonds is 7. The fourth-order valence-corrected chi connectivity index (χ4v) is 2.00. The average molecular weight is 299 g/mol. The lowest BCUT2D eigenvalue weighted by Gasteiger charge is -2.15. The second-order valence-electron chi connectivity index (χ2n) is 5.14. The predicted molar refractivity (Wildman–Crippen MR) is 82.4 cm³/mol. The molecule has 1 saturated carbocycles. The molecule has 0 aromatic heterocycles. The van der Waals surface area contributed by atoms with Gasteiger partial charge in [-0.25, -0.2) is 0 Å². The van der Waals surface area contributed by atoms with E-state index in [2.05, 4.69) is 10.6 Å². The van der Waals surface area contributed by atoms with Gasteiger partial charge >= 0.3 is 0 Å². The van der Waals surface area contributed by atoms with Crippen molar-refractivity contribution in [1.29, 1.82) is 0 Å². The maximum absolute atomic E-state index is 11.8. The molecule has 2 N–H and O–H groups in total. The lowest BCUT2D eigenvalue weighted by atomic mass is 10.1. The van der Waals surface area contributed by atoms with Crippen LogP contribution in [0, 0.1) is 5.92 Å². The second kappa shape index (κ2) is 8.12. The van der Waals surface area contributed by atoms with Crippen molar-refractivity contribution in [1.82, 2.24) is 10.6 Å². The molecule has 1 unspecified atom stereocenters. The topological polar surface area (TPSA) is 50.4 Å². The molecule has 1 aliphatic carbocycles. The number of halogens is 1. The van der Waals surface area contributed by atoms with Gasteiger partial charge in [-0.05, 0) is 49.9 Å². The van der Waals surface area contributed by atoms with Crippen LogP contribution in [0.4, 0.5) is 0 Å². The van der Waals surface area contributed by atoms with E-state index in [4.69, 9.17) is 4.74 Å². The van der Waals surface area contributed by atoms with Crippen molar-refractivity contribution >= 4 is 18.3 Å². The van der Waals surface area contributed by atoms with Crippen LogP contribution in [0.5, 0.6) is 5.75 Å². The number of methoxy groups -OCH3 is 1. The Labute approximate surface area is 126 Å². The maximum atomic E-state index is 11.8. The predicted octanol–water partition coefficient (Wildman–Crippen LogP) is 2.29. The van der Waals surface area contributed by atoms with Gasteiger partial charge in [-0.1, -0.05) is 12.1 Å². The summed E-state index contributed by atoms with van der Waals surface area (Å²) in [6, 6.07) is 7.76. The van der Waals surface area contributed by atoms with Crippen molar-refractivity contribution in [2.24, 2.45) is 5.92 Å². The van der Waals surface area contributed by atoms with Gasteiger partial charge in [0.1, 0.15) is 5.75 Å². The van der Waals surface area contributed by atoms with E-state index in [1.807, 2.05) is 31.2 Å². The Balaban J connectivity index is 0.00000200. The zero-order chi connectivity index (χ0) is 13.7. The molecule has 112 valence electrons. The van der Waals surface area contributed by atoms with Crippen LogP contribution in [0.3, 0.4) is 0 Å². The highest BCUT2D eigenvalue weighted by atomic mass is 35.5. The van der Waals surface area contributed by atoms with Gasteiger partial charge in [0.25, 0.3) is 0 Å². The van der Waals surface area contributed by atoms with E-state index in [1.54, 1.807) is 7.11 Å². The Bertz CT molecular complexity index is 436. The molecule has 1 atom stereocenters. The Kier molecular flexibility index (Phi) is 6.82. The first-order valence-electron chi connectivity index (χ1n) is 6.83. The highest BCUT2D eigenvalue weighted by Gasteiger charge is 2.20. The van der Waals surface area contributed by atoms with Crippen LogP contribution in [0.15, 0.2) is 24.3 Å². The standard InChI is InChI=1S/C15H22N2O2.ClH/c1-11(13-4-3-5-14(8-13)19-2)17-15(18)10-16-9-12-6-7-12;/h3-5,8,11-12,16H,6-7,9-10H2,1-2H3,(H,17,18);1H. The summed E-state index contributed by atoms with van der Waals surface area (Å²) in [5.74, 6) is 1.64. The van der Waals surface area contributed by atoms with Crippen LogP contribution >= 0.6 is 12.4 Å². The first-order valence-corrected chi connectivity index (χ1v) is 6.83. The lowest BCUT2D eigenvalue weighted by Crippen LogP contribution is -2.36. The molecular formula is C15H23ClN2O2. The molecule has 0 bridgehead atoms. The highest BCUT2D eigenvalue weighted by Crippen LogP contribution is 2.27. The Morgan fingerprint density at radius 3 is 2.85 bits per heavy atom. The van der Waals surface area contributed by atoms with Gasteiger partial charge in [0.15, 0.2) is 0 Å². The Morgan fingerprint density at radius 1 is 1.45 bits per heavy atom. The van der Waals surface area contributed by atoms with Crippen LogP contribution in [0.1, 0.15) is 31.4 Å². The molecule has 5 heteroatoms. The summed E-state index contributed by atoms with van der Waals surface area (Å²) in [6.45, 7) is 3.33. The van der Waals surface area contributed by atoms with Crippen molar-refractivity contribution < 1.29 is 9.53 Å². The molecule has 0 aliphatic heterocycles. The van der Waals surface area contributed by atoms with Crippen LogP contribution in [0.25, 0.3) is 0 Å². The van der Waals surface area contributed by atoms with Gasteiger partial charge < -0.3 is 15.4 Å². The fraction of sp³-hybridized carbons (Fsp3) is 0.533. The zero-order valence-electron chi connectivity index (χ0n) is 12.0. The molecule has 0 heterocycles. The number of nitrogens with one attached hydrogen (secondary N) is 2. The summed E-state index contributed by atoms with van der Waals surface area (Å²) in [4.78, 5) is 11.8. The van der Waals surface area contributed by atoms with Gasteiger partial charge in [0.05, 0.1) is 19.7 Å². The quantitative estimate of drug-likeness (QED) is 0.812. The van der Waals surface area contributed by atoms with Gasteiger partial charge in [-0.15, -0.1) is 12.4 Å². The molecule has 1 amide bonds. The van der Waals surface area contributed by atoms with Gasteiger partial charge in [0, 0.05) is 0 Å². The third kappa shape index (κ3) is 5.39. The van der Waals surface area contributed by atoms with Crippen molar-refractivity contribution in [3.05, 3.63) is 29.8 Å². The molecule has 20 heavy (non-hydrogen) atoms. The summed E-state index contributed by atoms with van der Waals surface area (Å²) in [5.41, 5.74) is 1.05. The molecule has 0 radical (unpaired) electrons. The number of hydrogen-bond donors (Lipinski definition) is 2. The Morgan fingerprint density at radius 2 is 2.20 bits per heavy atom. The van der Waals surface area contributed by atoms with Crippen LogP contribution < -0.4 is 15.4 Å². The van der Waals surface area contributed by atoms with E-state index in [-0.39, 0.29) is 24.4 Å². The third-order valence-electron chi connectivity index (χ3n) is 3.39. The smallest absolute Gasteiger partial charge is 0.234 e. The van der Waals surface area contributed by atoms with E-state index in [9.17, 15) is 4.79 Å². The van der Waals surface area contributed by atoms with Crippen molar-refractivity contribution in [3.63, 3.8) is 0 Å². The molecule has 0 spiro atoms. The minimum Gasteiger partial charge on any atom is -0.497 e. The molecule has 1 fully saturated rings. The fourth-order valence-electron chi connectivity index (χ4n) is 2.00. The van der Waals surface area contributed by atoms with E-state index < -0.39 is 0 Å². The molecule has 1 aromatic rings. The van der Waals surface area contributed by atoms with E-state index >= 15 is 0 Å². The van der Waals surface area contributed by atoms with Crippen molar-refractivity contribution in [3.8, 4) is 5.75 Å². The van der Waals surface area contributed by atoms with E-state index in [0.717, 1.165) is 23.8 Å². The summed E-state index contributed by atoms with van der Waals surface area (Å²) in [5, 5.41) is 6.17. The number of carbonyl (C=O) groups excluding carboxylic acids is 1. The molecule has 1 aromatic carbocycles. The minimum absolute atomic E-state index is 0. The maximum Gasteiger partial charge on any atom is 0.234 e. The molecule has 0 saturated heterocycles. The van der Waals surface area contributed by atoms with Crippen LogP contribution in [0.2, 0.25) is 0 Å². The van der Waals surface area contributed by atoms with Crippen LogP contribution in [-0.4, -0.2) is 26.1 Å². The summed E-state index contributed by atoms with van der Waals surface area (Å²) in [6.07, 6.45) is 2.60. The summed E-state index contributed by atoms with van der Waals surface area (Å²) < 4.78 is 5.18. The van der Waals surface area contributed by atoms with E-state index in [0.29, 0.717) is 6.54 Å². The third-order valence-corrected chi connectivity index (χ3v) is 3.39. The first kappa shape index (κ1) is 16.8. The monoisotopic (exact) mass is 298 g/mol. The second-order valence-corrected chi connectivity index (χ2v) is 5.14. The molecule has 4 nitrogen and oxygen atoms in total. The van der Waals surface area contributed by atoms with Crippen molar-refractivity contribution in [2.75, 3.05) is 20.2 Å². The van der Waals surface area contributed by atoms with Crippen molar-refractivity contribution in [2.45, 2.75) is 25.8 Å². The largest absolute Gasteiger partial charge is 0.497 e. The SMILES string of the molecule is COc1cccc(C(C)NC(=O)CNCC2CC2)c1.Cl. The minimum atomic E-state index is -0.00896. The number of hydrogen-bond acceptors (Lipinski definition) is 3. The van der Waals surface area contributed by atoms with Gasteiger partial charge in [0.2, 0.25) is 5.91 Å². The number of ether oxygens (including phenoxy) is 1. The zero-order valence-corrected chi connectivity index (χ0v) is 12.8. The normalized spacial score (nSPS) is 15.1. The number of benzene rings is 1. The molecule has 2 rings (SSSR count).